The summed E-state index contributed by atoms with van der Waals surface area (Å²) in [5.41, 5.74) is 0. The topological polar surface area (TPSA) is 0 Å². The number of fused-ring (bicyclic) bond motifs is 2. The van der Waals surface area contributed by atoms with E-state index in [1.165, 1.54) is 21.5 Å². The Morgan fingerprint density at radius 2 is 1.20 bits per heavy atom. The molecule has 102 valence electrons. The van der Waals surface area contributed by atoms with E-state index in [1.54, 1.807) is 0 Å². The maximum Gasteiger partial charge on any atom is 0 e. The molecule has 4 aromatic rings. The third-order valence-corrected chi connectivity index (χ3v) is 3.10. The van der Waals surface area contributed by atoms with E-state index in [4.69, 9.17) is 0 Å². The number of hydrogen-bond donors (Lipinski definition) is 0. The molecule has 0 nitrogen and oxygen atoms in total. The van der Waals surface area contributed by atoms with Crippen LogP contribution in [0.1, 0.15) is 0 Å². The van der Waals surface area contributed by atoms with Crippen LogP contribution in [0.3, 0.4) is 0 Å². The Hall–Kier alpha value is -1.17. The van der Waals surface area contributed by atoms with E-state index in [0.717, 1.165) is 0 Å². The molecule has 20 heavy (non-hydrogen) atoms. The van der Waals surface area contributed by atoms with Gasteiger partial charge in [0.2, 0.25) is 0 Å². The molecule has 0 amide bonds. The van der Waals surface area contributed by atoms with Gasteiger partial charge < -0.3 is 53.2 Å². The molecule has 0 unspecified atom stereocenters. The molecular weight excluding hydrogens is 318 g/mol. The molecule has 4 rings (SSSR count). The van der Waals surface area contributed by atoms with Gasteiger partial charge in [-0.25, -0.2) is 0 Å². The first-order valence-corrected chi connectivity index (χ1v) is 6.14. The third kappa shape index (κ3) is 3.91. The largest absolute Gasteiger partial charge is 0.642 e. The van der Waals surface area contributed by atoms with Crippen LogP contribution in [-0.4, -0.2) is 0 Å². The van der Waals surface area contributed by atoms with E-state index in [9.17, 15) is 0 Å². The standard InChI is InChI=1S/2C9H7.2V/c2*1-2-5-9-7-3-6-8(9)4-1;;/h2*1-7H;;/q-5;-1;;. The van der Waals surface area contributed by atoms with Gasteiger partial charge in [0.05, 0.1) is 0 Å². The molecule has 0 heterocycles. The van der Waals surface area contributed by atoms with Crippen LogP contribution in [0.4, 0.5) is 0 Å². The average molecular weight is 332 g/mol. The van der Waals surface area contributed by atoms with Crippen LogP contribution in [0.25, 0.3) is 21.5 Å². The van der Waals surface area contributed by atoms with Gasteiger partial charge in [-0.05, 0) is 0 Å². The molecule has 0 aliphatic rings. The molecule has 0 spiro atoms. The van der Waals surface area contributed by atoms with Gasteiger partial charge in [-0.3, -0.25) is 0 Å². The Morgan fingerprint density at radius 3 is 1.85 bits per heavy atom. The Morgan fingerprint density at radius 1 is 0.650 bits per heavy atom. The zero-order chi connectivity index (χ0) is 12.2. The van der Waals surface area contributed by atoms with Crippen LogP contribution in [0.5, 0.6) is 0 Å². The minimum Gasteiger partial charge on any atom is -0.642 e. The first-order chi connectivity index (χ1) is 8.93. The van der Waals surface area contributed by atoms with Gasteiger partial charge in [0.25, 0.3) is 0 Å². The minimum absolute atomic E-state index is 0. The maximum absolute atomic E-state index is 2.12. The second kappa shape index (κ2) is 8.19. The van der Waals surface area contributed by atoms with Gasteiger partial charge in [0.1, 0.15) is 0 Å². The third-order valence-electron chi connectivity index (χ3n) is 3.10. The van der Waals surface area contributed by atoms with Gasteiger partial charge in [-0.15, -0.1) is 35.7 Å². The van der Waals surface area contributed by atoms with Gasteiger partial charge in [0.15, 0.2) is 0 Å². The van der Waals surface area contributed by atoms with Gasteiger partial charge in [-0.1, -0.05) is 5.39 Å². The van der Waals surface area contributed by atoms with Crippen molar-refractivity contribution in [3.05, 3.63) is 84.9 Å². The molecule has 4 aromatic carbocycles. The summed E-state index contributed by atoms with van der Waals surface area (Å²) in [6.45, 7) is 0. The zero-order valence-corrected chi connectivity index (χ0v) is 13.8. The van der Waals surface area contributed by atoms with Crippen molar-refractivity contribution in [3.63, 3.8) is 0 Å². The molecule has 0 fully saturated rings. The summed E-state index contributed by atoms with van der Waals surface area (Å²) in [5.74, 6) is 0. The SMILES string of the molecule is [V].[V].c1cc[c-]2[cH-][cH-][cH-][c-]2c1.c1cc[c-]2cccc2c1. The molecule has 0 saturated carbocycles. The van der Waals surface area contributed by atoms with Crippen LogP contribution < -0.4 is 0 Å². The summed E-state index contributed by atoms with van der Waals surface area (Å²) >= 11 is 0. The van der Waals surface area contributed by atoms with Crippen molar-refractivity contribution in [1.29, 1.82) is 0 Å². The van der Waals surface area contributed by atoms with Crippen LogP contribution in [0.15, 0.2) is 84.9 Å². The van der Waals surface area contributed by atoms with E-state index in [2.05, 4.69) is 84.9 Å². The van der Waals surface area contributed by atoms with Gasteiger partial charge in [-0.2, -0.15) is 12.1 Å². The Balaban J connectivity index is 0.000000182. The van der Waals surface area contributed by atoms with E-state index in [1.807, 2.05) is 0 Å². The smallest absolute Gasteiger partial charge is 0 e. The van der Waals surface area contributed by atoms with E-state index < -0.39 is 0 Å². The van der Waals surface area contributed by atoms with Crippen molar-refractivity contribution in [2.45, 2.75) is 0 Å². The summed E-state index contributed by atoms with van der Waals surface area (Å²) < 4.78 is 0. The van der Waals surface area contributed by atoms with Crippen molar-refractivity contribution < 1.29 is 37.1 Å². The maximum atomic E-state index is 2.12. The van der Waals surface area contributed by atoms with Crippen molar-refractivity contribution >= 4 is 21.5 Å². The Bertz CT molecular complexity index is 623. The van der Waals surface area contributed by atoms with Crippen molar-refractivity contribution in [2.75, 3.05) is 0 Å². The second-order valence-electron chi connectivity index (χ2n) is 4.31. The first kappa shape index (κ1) is 16.9. The molecule has 2 radical (unpaired) electrons. The summed E-state index contributed by atoms with van der Waals surface area (Å²) in [4.78, 5) is 0. The van der Waals surface area contributed by atoms with Crippen LogP contribution in [-0.2, 0) is 37.1 Å². The predicted octanol–water partition coefficient (Wildman–Crippen LogP) is 5.11. The molecule has 0 atom stereocenters. The molecular formula is C18H14V2-6. The van der Waals surface area contributed by atoms with Crippen LogP contribution >= 0.6 is 0 Å². The van der Waals surface area contributed by atoms with Crippen LogP contribution in [0, 0.1) is 0 Å². The monoisotopic (exact) mass is 332 g/mol. The number of rotatable bonds is 0. The quantitative estimate of drug-likeness (QED) is 0.393. The van der Waals surface area contributed by atoms with Gasteiger partial charge >= 0.3 is 0 Å². The number of benzene rings is 2. The molecule has 0 bridgehead atoms. The molecule has 2 heteroatoms. The van der Waals surface area contributed by atoms with Gasteiger partial charge in [0, 0.05) is 37.1 Å². The summed E-state index contributed by atoms with van der Waals surface area (Å²) in [6.07, 6.45) is 0. The molecule has 0 aromatic heterocycles. The predicted molar refractivity (Wildman–Crippen MR) is 79.1 cm³/mol. The van der Waals surface area contributed by atoms with E-state index in [0.29, 0.717) is 0 Å². The second-order valence-corrected chi connectivity index (χ2v) is 4.31. The normalized spacial score (nSPS) is 9.20. The molecule has 0 saturated heterocycles. The van der Waals surface area contributed by atoms with E-state index in [-0.39, 0.29) is 37.1 Å². The molecule has 0 aliphatic carbocycles. The average Bonchev–Trinajstić information content (AvgIpc) is 3.08. The fraction of sp³-hybridized carbons (Fsp3) is 0. The number of hydrogen-bond acceptors (Lipinski definition) is 0. The summed E-state index contributed by atoms with van der Waals surface area (Å²) in [6, 6.07) is 29.3. The van der Waals surface area contributed by atoms with E-state index >= 15 is 0 Å². The summed E-state index contributed by atoms with van der Waals surface area (Å²) in [5, 5.41) is 5.32. The zero-order valence-electron chi connectivity index (χ0n) is 11.0. The van der Waals surface area contributed by atoms with Crippen molar-refractivity contribution in [3.8, 4) is 0 Å². The first-order valence-electron chi connectivity index (χ1n) is 6.14. The Labute approximate surface area is 143 Å². The fourth-order valence-corrected chi connectivity index (χ4v) is 2.14. The van der Waals surface area contributed by atoms with Crippen molar-refractivity contribution in [1.82, 2.24) is 0 Å². The Kier molecular flexibility index (Phi) is 6.91. The molecule has 0 N–H and O–H groups in total. The fourth-order valence-electron chi connectivity index (χ4n) is 2.14. The van der Waals surface area contributed by atoms with Crippen LogP contribution in [0.2, 0.25) is 0 Å². The van der Waals surface area contributed by atoms with Crippen molar-refractivity contribution in [2.24, 2.45) is 0 Å². The summed E-state index contributed by atoms with van der Waals surface area (Å²) in [7, 11) is 0. The minimum atomic E-state index is 0. The molecule has 0 aliphatic heterocycles.